The van der Waals surface area contributed by atoms with E-state index in [9.17, 15) is 14.4 Å². The van der Waals surface area contributed by atoms with Crippen molar-refractivity contribution in [3.63, 3.8) is 0 Å². The summed E-state index contributed by atoms with van der Waals surface area (Å²) < 4.78 is 5.27. The number of fused-ring (bicyclic) bond motifs is 2. The molecule has 100 valence electrons. The molecule has 4 heteroatoms. The Labute approximate surface area is 111 Å². The monoisotopic (exact) mass is 260 g/mol. The van der Waals surface area contributed by atoms with E-state index in [1.165, 1.54) is 6.08 Å². The number of hydrogen-bond acceptors (Lipinski definition) is 4. The van der Waals surface area contributed by atoms with E-state index in [-0.39, 0.29) is 23.4 Å². The van der Waals surface area contributed by atoms with Crippen LogP contribution in [0.2, 0.25) is 0 Å². The molecule has 0 bridgehead atoms. The van der Waals surface area contributed by atoms with E-state index in [0.29, 0.717) is 17.6 Å². The summed E-state index contributed by atoms with van der Waals surface area (Å²) in [7, 11) is 0. The molecule has 1 aliphatic heterocycles. The van der Waals surface area contributed by atoms with E-state index in [1.807, 2.05) is 13.0 Å². The number of carbonyl (C=O) groups excluding carboxylic acids is 3. The lowest BCUT2D eigenvalue weighted by Gasteiger charge is -2.29. The summed E-state index contributed by atoms with van der Waals surface area (Å²) in [4.78, 5) is 36.6. The van der Waals surface area contributed by atoms with Crippen molar-refractivity contribution < 1.29 is 19.1 Å². The fraction of sp³-hybridized carbons (Fsp3) is 0.533. The number of hydrogen-bond donors (Lipinski definition) is 0. The molecule has 0 saturated heterocycles. The first kappa shape index (κ1) is 12.3. The molecule has 0 aromatic carbocycles. The van der Waals surface area contributed by atoms with Crippen molar-refractivity contribution in [2.45, 2.75) is 33.3 Å². The molecule has 0 amide bonds. The molecule has 1 heterocycles. The van der Waals surface area contributed by atoms with Gasteiger partial charge < -0.3 is 4.74 Å². The summed E-state index contributed by atoms with van der Waals surface area (Å²) in [6, 6.07) is 0. The fourth-order valence-electron chi connectivity index (χ4n) is 3.62. The Morgan fingerprint density at radius 3 is 2.68 bits per heavy atom. The minimum atomic E-state index is -1.06. The highest BCUT2D eigenvalue weighted by molar-refractivity contribution is 6.22. The molecular weight excluding hydrogens is 244 g/mol. The van der Waals surface area contributed by atoms with Crippen molar-refractivity contribution in [1.29, 1.82) is 0 Å². The smallest absolute Gasteiger partial charge is 0.334 e. The summed E-state index contributed by atoms with van der Waals surface area (Å²) in [5.74, 6) is -0.796. The molecular formula is C15H16O4. The molecule has 0 unspecified atom stereocenters. The minimum Gasteiger partial charge on any atom is -0.454 e. The molecule has 0 aromatic rings. The number of rotatable bonds is 0. The lowest BCUT2D eigenvalue weighted by atomic mass is 9.70. The molecule has 3 aliphatic rings. The Balaban J connectivity index is 2.18. The molecule has 1 saturated carbocycles. The van der Waals surface area contributed by atoms with Crippen LogP contribution < -0.4 is 0 Å². The van der Waals surface area contributed by atoms with Crippen LogP contribution in [0.25, 0.3) is 0 Å². The maximum Gasteiger partial charge on any atom is 0.334 e. The van der Waals surface area contributed by atoms with Crippen LogP contribution >= 0.6 is 0 Å². The van der Waals surface area contributed by atoms with Crippen molar-refractivity contribution in [2.75, 3.05) is 0 Å². The van der Waals surface area contributed by atoms with Gasteiger partial charge in [0.25, 0.3) is 0 Å². The van der Waals surface area contributed by atoms with Crippen LogP contribution in [-0.2, 0) is 19.1 Å². The summed E-state index contributed by atoms with van der Waals surface area (Å²) in [5, 5.41) is 0. The Morgan fingerprint density at radius 2 is 2.00 bits per heavy atom. The molecule has 19 heavy (non-hydrogen) atoms. The summed E-state index contributed by atoms with van der Waals surface area (Å²) >= 11 is 0. The number of ether oxygens (including phenoxy) is 1. The Bertz CT molecular complexity index is 569. The van der Waals surface area contributed by atoms with Crippen molar-refractivity contribution in [3.05, 3.63) is 23.3 Å². The zero-order valence-corrected chi connectivity index (χ0v) is 11.2. The Morgan fingerprint density at radius 1 is 1.32 bits per heavy atom. The predicted molar refractivity (Wildman–Crippen MR) is 67.1 cm³/mol. The third kappa shape index (κ3) is 1.37. The average Bonchev–Trinajstić information content (AvgIpc) is 2.77. The molecule has 0 radical (unpaired) electrons. The predicted octanol–water partition coefficient (Wildman–Crippen LogP) is 1.60. The molecule has 4 atom stereocenters. The number of Topliss-reactive ketones (excluding diaryl/α,β-unsaturated/α-hetero) is 1. The normalized spacial score (nSPS) is 41.2. The van der Waals surface area contributed by atoms with Crippen molar-refractivity contribution in [3.8, 4) is 0 Å². The molecule has 2 aliphatic carbocycles. The summed E-state index contributed by atoms with van der Waals surface area (Å²) in [6.45, 7) is 5.31. The van der Waals surface area contributed by atoms with Crippen molar-refractivity contribution >= 4 is 17.5 Å². The second-order valence-electron chi connectivity index (χ2n) is 5.93. The van der Waals surface area contributed by atoms with Crippen LogP contribution in [0.1, 0.15) is 27.2 Å². The lowest BCUT2D eigenvalue weighted by molar-refractivity contribution is -0.140. The first-order chi connectivity index (χ1) is 8.87. The quantitative estimate of drug-likeness (QED) is 0.490. The van der Waals surface area contributed by atoms with Gasteiger partial charge in [0.15, 0.2) is 11.6 Å². The highest BCUT2D eigenvalue weighted by Crippen LogP contribution is 2.49. The van der Waals surface area contributed by atoms with Crippen LogP contribution in [0.3, 0.4) is 0 Å². The molecule has 0 spiro atoms. The van der Waals surface area contributed by atoms with Gasteiger partial charge in [-0.3, -0.25) is 9.59 Å². The van der Waals surface area contributed by atoms with E-state index >= 15 is 0 Å². The van der Waals surface area contributed by atoms with Gasteiger partial charge in [0, 0.05) is 11.1 Å². The van der Waals surface area contributed by atoms with Crippen LogP contribution in [0.15, 0.2) is 23.3 Å². The minimum absolute atomic E-state index is 0.0999. The third-order valence-electron chi connectivity index (χ3n) is 4.83. The van der Waals surface area contributed by atoms with Gasteiger partial charge in [-0.25, -0.2) is 4.79 Å². The van der Waals surface area contributed by atoms with Gasteiger partial charge in [0.1, 0.15) is 6.10 Å². The van der Waals surface area contributed by atoms with Crippen LogP contribution in [0.4, 0.5) is 0 Å². The molecule has 0 aromatic heterocycles. The van der Waals surface area contributed by atoms with Gasteiger partial charge in [0.05, 0.1) is 5.41 Å². The third-order valence-corrected chi connectivity index (χ3v) is 4.83. The van der Waals surface area contributed by atoms with E-state index in [2.05, 4.69) is 0 Å². The second kappa shape index (κ2) is 3.65. The molecule has 0 N–H and O–H groups in total. The van der Waals surface area contributed by atoms with Gasteiger partial charge in [-0.2, -0.15) is 0 Å². The van der Waals surface area contributed by atoms with Gasteiger partial charge >= 0.3 is 5.97 Å². The van der Waals surface area contributed by atoms with Crippen molar-refractivity contribution in [2.24, 2.45) is 17.3 Å². The fourth-order valence-corrected chi connectivity index (χ4v) is 3.62. The molecule has 4 nitrogen and oxygen atoms in total. The van der Waals surface area contributed by atoms with Gasteiger partial charge in [-0.15, -0.1) is 0 Å². The summed E-state index contributed by atoms with van der Waals surface area (Å²) in [6.07, 6.45) is 3.47. The highest BCUT2D eigenvalue weighted by Gasteiger charge is 2.57. The van der Waals surface area contributed by atoms with E-state index in [1.54, 1.807) is 13.8 Å². The number of allylic oxidation sites excluding steroid dienone is 2. The standard InChI is InChI=1S/C15H16O4/c1-7-6-10-12(8(2)14(18)19-10)13(17)15(3)9(7)4-5-11(15)16/h4-5,7,9-10H,6H2,1-3H3/t7-,9+,10+,15+/m1/s1. The zero-order chi connectivity index (χ0) is 13.9. The Hall–Kier alpha value is -1.71. The van der Waals surface area contributed by atoms with Crippen LogP contribution in [-0.4, -0.2) is 23.6 Å². The van der Waals surface area contributed by atoms with E-state index in [4.69, 9.17) is 4.74 Å². The molecule has 3 rings (SSSR count). The van der Waals surface area contributed by atoms with Crippen molar-refractivity contribution in [1.82, 2.24) is 0 Å². The van der Waals surface area contributed by atoms with Gasteiger partial charge in [-0.1, -0.05) is 13.0 Å². The van der Waals surface area contributed by atoms with Gasteiger partial charge in [0.2, 0.25) is 0 Å². The molecule has 1 fully saturated rings. The maximum absolute atomic E-state index is 12.8. The average molecular weight is 260 g/mol. The topological polar surface area (TPSA) is 60.4 Å². The lowest BCUT2D eigenvalue weighted by Crippen LogP contribution is -2.40. The van der Waals surface area contributed by atoms with Gasteiger partial charge in [-0.05, 0) is 38.2 Å². The number of ketones is 2. The van der Waals surface area contributed by atoms with Crippen LogP contribution in [0, 0.1) is 17.3 Å². The number of esters is 1. The first-order valence-corrected chi connectivity index (χ1v) is 6.56. The number of carbonyl (C=O) groups is 3. The van der Waals surface area contributed by atoms with E-state index < -0.39 is 17.5 Å². The maximum atomic E-state index is 12.8. The Kier molecular flexibility index (Phi) is 2.37. The summed E-state index contributed by atoms with van der Waals surface area (Å²) in [5.41, 5.74) is -0.277. The van der Waals surface area contributed by atoms with Crippen LogP contribution in [0.5, 0.6) is 0 Å². The first-order valence-electron chi connectivity index (χ1n) is 6.56. The van der Waals surface area contributed by atoms with E-state index in [0.717, 1.165) is 0 Å². The largest absolute Gasteiger partial charge is 0.454 e. The SMILES string of the molecule is CC1=C2C(=O)[C@]3(C)C(=O)C=C[C@H]3[C@H](C)C[C@@H]2OC1=O. The zero-order valence-electron chi connectivity index (χ0n) is 11.2. The highest BCUT2D eigenvalue weighted by atomic mass is 16.5. The second-order valence-corrected chi connectivity index (χ2v) is 5.93.